The maximum atomic E-state index is 10.9. The van der Waals surface area contributed by atoms with E-state index in [9.17, 15) is 9.59 Å². The standard InChI is InChI=1S/C14H21NO2.C5H7NO2/c1-5-11-7-9(3)8-12(6-2)13(11)15-10(4)14(16)17;1-2-3-8-5(7)4-6/h7-8,10,15H,5-6H2,1-4H3,(H,16,17);1H,3-4,6H2/t10-;/m0./s1. The average molecular weight is 348 g/mol. The number of nitrogens with two attached hydrogens (primary N) is 1. The van der Waals surface area contributed by atoms with Crippen molar-refractivity contribution in [3.05, 3.63) is 28.8 Å². The van der Waals surface area contributed by atoms with Crippen LogP contribution in [0.15, 0.2) is 12.1 Å². The van der Waals surface area contributed by atoms with E-state index in [1.807, 2.05) is 0 Å². The van der Waals surface area contributed by atoms with Crippen LogP contribution in [-0.2, 0) is 27.2 Å². The Kier molecular flexibility index (Phi) is 10.7. The predicted octanol–water partition coefficient (Wildman–Crippen LogP) is 2.13. The number of ether oxygens (including phenoxy) is 1. The number of hydrogen-bond acceptors (Lipinski definition) is 5. The van der Waals surface area contributed by atoms with Crippen molar-refractivity contribution in [2.24, 2.45) is 5.73 Å². The van der Waals surface area contributed by atoms with Gasteiger partial charge < -0.3 is 20.9 Å². The van der Waals surface area contributed by atoms with Gasteiger partial charge in [-0.05, 0) is 37.8 Å². The first-order chi connectivity index (χ1) is 11.8. The van der Waals surface area contributed by atoms with Crippen LogP contribution in [0.1, 0.15) is 37.5 Å². The van der Waals surface area contributed by atoms with Gasteiger partial charge in [0.25, 0.3) is 0 Å². The highest BCUT2D eigenvalue weighted by Crippen LogP contribution is 2.25. The monoisotopic (exact) mass is 348 g/mol. The highest BCUT2D eigenvalue weighted by atomic mass is 16.5. The summed E-state index contributed by atoms with van der Waals surface area (Å²) >= 11 is 0. The molecule has 1 atom stereocenters. The molecule has 0 aromatic heterocycles. The van der Waals surface area contributed by atoms with Crippen molar-refractivity contribution in [1.82, 2.24) is 0 Å². The van der Waals surface area contributed by atoms with Gasteiger partial charge in [0.2, 0.25) is 0 Å². The largest absolute Gasteiger partial charge is 0.480 e. The molecule has 1 aromatic carbocycles. The number of nitrogens with one attached hydrogen (secondary N) is 1. The SMILES string of the molecule is C#CCOC(=O)CN.CCc1cc(C)cc(CC)c1N[C@@H](C)C(=O)O. The third-order valence-electron chi connectivity index (χ3n) is 3.42. The maximum absolute atomic E-state index is 10.9. The second-order valence-electron chi connectivity index (χ2n) is 5.44. The number of carboxylic acid groups (broad SMARTS) is 1. The third-order valence-corrected chi connectivity index (χ3v) is 3.42. The van der Waals surface area contributed by atoms with E-state index in [2.05, 4.69) is 48.9 Å². The summed E-state index contributed by atoms with van der Waals surface area (Å²) in [7, 11) is 0. The first-order valence-corrected chi connectivity index (χ1v) is 8.21. The smallest absolute Gasteiger partial charge is 0.325 e. The van der Waals surface area contributed by atoms with Gasteiger partial charge in [0.1, 0.15) is 6.04 Å². The number of benzene rings is 1. The average Bonchev–Trinajstić information content (AvgIpc) is 2.60. The maximum Gasteiger partial charge on any atom is 0.325 e. The Bertz CT molecular complexity index is 595. The molecule has 4 N–H and O–H groups in total. The van der Waals surface area contributed by atoms with Crippen molar-refractivity contribution in [2.45, 2.75) is 46.6 Å². The Morgan fingerprint density at radius 1 is 1.32 bits per heavy atom. The molecule has 0 saturated carbocycles. The van der Waals surface area contributed by atoms with E-state index in [0.29, 0.717) is 0 Å². The fraction of sp³-hybridized carbons (Fsp3) is 0.474. The van der Waals surface area contributed by atoms with E-state index in [-0.39, 0.29) is 13.2 Å². The zero-order valence-electron chi connectivity index (χ0n) is 15.4. The van der Waals surface area contributed by atoms with Gasteiger partial charge in [-0.15, -0.1) is 6.42 Å². The molecule has 0 aliphatic rings. The van der Waals surface area contributed by atoms with Crippen LogP contribution < -0.4 is 11.1 Å². The van der Waals surface area contributed by atoms with Crippen LogP contribution >= 0.6 is 0 Å². The number of carbonyl (C=O) groups excluding carboxylic acids is 1. The lowest BCUT2D eigenvalue weighted by Gasteiger charge is -2.19. The van der Waals surface area contributed by atoms with Gasteiger partial charge in [0, 0.05) is 5.69 Å². The van der Waals surface area contributed by atoms with Gasteiger partial charge in [-0.25, -0.2) is 0 Å². The van der Waals surface area contributed by atoms with Crippen LogP contribution in [0.25, 0.3) is 0 Å². The van der Waals surface area contributed by atoms with Crippen LogP contribution in [0.3, 0.4) is 0 Å². The van der Waals surface area contributed by atoms with E-state index in [1.54, 1.807) is 6.92 Å². The lowest BCUT2D eigenvalue weighted by Crippen LogP contribution is -2.26. The van der Waals surface area contributed by atoms with Crippen molar-refractivity contribution >= 4 is 17.6 Å². The Morgan fingerprint density at radius 2 is 1.84 bits per heavy atom. The number of terminal acetylenes is 1. The summed E-state index contributed by atoms with van der Waals surface area (Å²) in [5.74, 6) is 0.840. The lowest BCUT2D eigenvalue weighted by atomic mass is 9.99. The van der Waals surface area contributed by atoms with Crippen LogP contribution in [0.2, 0.25) is 0 Å². The number of rotatable bonds is 7. The summed E-state index contributed by atoms with van der Waals surface area (Å²) in [6, 6.07) is 3.68. The van der Waals surface area contributed by atoms with Crippen molar-refractivity contribution < 1.29 is 19.4 Å². The van der Waals surface area contributed by atoms with Gasteiger partial charge >= 0.3 is 11.9 Å². The number of aliphatic carboxylic acids is 1. The highest BCUT2D eigenvalue weighted by Gasteiger charge is 2.14. The molecule has 0 unspecified atom stereocenters. The zero-order chi connectivity index (χ0) is 19.4. The van der Waals surface area contributed by atoms with Crippen LogP contribution in [0.4, 0.5) is 5.69 Å². The minimum Gasteiger partial charge on any atom is -0.480 e. The number of hydrogen-bond donors (Lipinski definition) is 3. The fourth-order valence-corrected chi connectivity index (χ4v) is 2.14. The summed E-state index contributed by atoms with van der Waals surface area (Å²) in [6.45, 7) is 7.82. The van der Waals surface area contributed by atoms with E-state index < -0.39 is 18.0 Å². The Labute approximate surface area is 149 Å². The molecule has 0 amide bonds. The molecular weight excluding hydrogens is 320 g/mol. The first kappa shape index (κ1) is 22.5. The molecule has 6 heteroatoms. The van der Waals surface area contributed by atoms with Crippen molar-refractivity contribution in [1.29, 1.82) is 0 Å². The minimum atomic E-state index is -0.824. The summed E-state index contributed by atoms with van der Waals surface area (Å²) in [5.41, 5.74) is 9.47. The zero-order valence-corrected chi connectivity index (χ0v) is 15.4. The van der Waals surface area contributed by atoms with Gasteiger partial charge in [-0.1, -0.05) is 37.5 Å². The predicted molar refractivity (Wildman–Crippen MR) is 99.5 cm³/mol. The second-order valence-corrected chi connectivity index (χ2v) is 5.44. The van der Waals surface area contributed by atoms with E-state index in [4.69, 9.17) is 17.3 Å². The number of carboxylic acids is 1. The van der Waals surface area contributed by atoms with Crippen LogP contribution in [0.5, 0.6) is 0 Å². The number of esters is 1. The second kappa shape index (κ2) is 11.9. The van der Waals surface area contributed by atoms with Crippen molar-refractivity contribution in [3.8, 4) is 12.3 Å². The molecule has 0 spiro atoms. The Balaban J connectivity index is 0.000000609. The van der Waals surface area contributed by atoms with Gasteiger partial charge in [-0.3, -0.25) is 9.59 Å². The van der Waals surface area contributed by atoms with Crippen molar-refractivity contribution in [2.75, 3.05) is 18.5 Å². The molecule has 6 nitrogen and oxygen atoms in total. The van der Waals surface area contributed by atoms with Gasteiger partial charge in [0.05, 0.1) is 6.54 Å². The Hall–Kier alpha value is -2.52. The number of aryl methyl sites for hydroxylation is 3. The summed E-state index contributed by atoms with van der Waals surface area (Å²) < 4.78 is 4.34. The molecule has 0 saturated heterocycles. The summed E-state index contributed by atoms with van der Waals surface area (Å²) in [4.78, 5) is 21.0. The minimum absolute atomic E-state index is 0.00995. The molecule has 0 bridgehead atoms. The lowest BCUT2D eigenvalue weighted by molar-refractivity contribution is -0.140. The molecule has 1 rings (SSSR count). The quantitative estimate of drug-likeness (QED) is 0.515. The van der Waals surface area contributed by atoms with Crippen LogP contribution in [-0.4, -0.2) is 36.2 Å². The van der Waals surface area contributed by atoms with Gasteiger partial charge in [-0.2, -0.15) is 0 Å². The summed E-state index contributed by atoms with van der Waals surface area (Å²) in [5, 5.41) is 12.1. The van der Waals surface area contributed by atoms with Crippen LogP contribution in [0, 0.1) is 19.3 Å². The molecule has 1 aromatic rings. The molecule has 0 aliphatic carbocycles. The summed E-state index contributed by atoms with van der Waals surface area (Å²) in [6.07, 6.45) is 6.58. The fourth-order valence-electron chi connectivity index (χ4n) is 2.14. The molecule has 0 radical (unpaired) electrons. The molecule has 0 aliphatic heterocycles. The molecule has 0 heterocycles. The molecular formula is C19H28N2O4. The molecule has 25 heavy (non-hydrogen) atoms. The molecule has 0 fully saturated rings. The van der Waals surface area contributed by atoms with E-state index in [1.165, 1.54) is 16.7 Å². The van der Waals surface area contributed by atoms with Crippen molar-refractivity contribution in [3.63, 3.8) is 0 Å². The topological polar surface area (TPSA) is 102 Å². The highest BCUT2D eigenvalue weighted by molar-refractivity contribution is 5.78. The van der Waals surface area contributed by atoms with E-state index >= 15 is 0 Å². The Morgan fingerprint density at radius 3 is 2.20 bits per heavy atom. The number of carbonyl (C=O) groups is 2. The third kappa shape index (κ3) is 8.23. The number of anilines is 1. The first-order valence-electron chi connectivity index (χ1n) is 8.21. The van der Waals surface area contributed by atoms with E-state index in [0.717, 1.165) is 18.5 Å². The normalized spacial score (nSPS) is 10.7. The molecule has 138 valence electrons. The van der Waals surface area contributed by atoms with Gasteiger partial charge in [0.15, 0.2) is 6.61 Å².